The summed E-state index contributed by atoms with van der Waals surface area (Å²) in [4.78, 5) is 2.23. The van der Waals surface area contributed by atoms with E-state index < -0.39 is 11.3 Å². The molecule has 0 saturated heterocycles. The van der Waals surface area contributed by atoms with Crippen molar-refractivity contribution in [3.8, 4) is 29.7 Å². The third-order valence-corrected chi connectivity index (χ3v) is 6.20. The van der Waals surface area contributed by atoms with E-state index in [4.69, 9.17) is 15.2 Å². The van der Waals surface area contributed by atoms with Crippen molar-refractivity contribution >= 4 is 0 Å². The summed E-state index contributed by atoms with van der Waals surface area (Å²) >= 11 is 0. The van der Waals surface area contributed by atoms with E-state index in [1.54, 1.807) is 7.11 Å². The van der Waals surface area contributed by atoms with Crippen molar-refractivity contribution in [2.24, 2.45) is 17.1 Å². The van der Waals surface area contributed by atoms with E-state index in [1.165, 1.54) is 0 Å². The molecule has 1 aromatic carbocycles. The van der Waals surface area contributed by atoms with Crippen LogP contribution in [0.4, 0.5) is 0 Å². The molecule has 7 nitrogen and oxygen atoms in total. The standard InChI is InChI=1S/C24H27N5O2/c1-4-10-31-20-7-6-16(11-21(20)30-3)22-19-13-29(5-2)9-8-17(19)18(12-25)23(28)24(22,14-26)15-27/h6-8,11,19,22H,4-5,9-10,13,28H2,1-3H3. The summed E-state index contributed by atoms with van der Waals surface area (Å²) in [5.41, 5.74) is 6.58. The molecule has 0 aromatic heterocycles. The molecule has 1 heterocycles. The Morgan fingerprint density at radius 3 is 2.52 bits per heavy atom. The van der Waals surface area contributed by atoms with Gasteiger partial charge in [0.1, 0.15) is 6.07 Å². The first-order valence-corrected chi connectivity index (χ1v) is 10.5. The van der Waals surface area contributed by atoms with Gasteiger partial charge in [-0.15, -0.1) is 0 Å². The predicted octanol–water partition coefficient (Wildman–Crippen LogP) is 3.23. The molecular formula is C24H27N5O2. The summed E-state index contributed by atoms with van der Waals surface area (Å²) in [6.07, 6.45) is 2.87. The van der Waals surface area contributed by atoms with Gasteiger partial charge in [-0.25, -0.2) is 0 Å². The maximum Gasteiger partial charge on any atom is 0.191 e. The number of nitriles is 3. The Labute approximate surface area is 183 Å². The highest BCUT2D eigenvalue weighted by molar-refractivity contribution is 5.60. The molecule has 31 heavy (non-hydrogen) atoms. The zero-order valence-electron chi connectivity index (χ0n) is 18.2. The molecular weight excluding hydrogens is 390 g/mol. The van der Waals surface area contributed by atoms with E-state index in [9.17, 15) is 15.8 Å². The van der Waals surface area contributed by atoms with E-state index in [2.05, 4.69) is 30.0 Å². The van der Waals surface area contributed by atoms with E-state index in [-0.39, 0.29) is 17.2 Å². The molecule has 2 unspecified atom stereocenters. The zero-order chi connectivity index (χ0) is 22.6. The normalized spacial score (nSPS) is 22.4. The lowest BCUT2D eigenvalue weighted by molar-refractivity contribution is 0.214. The monoisotopic (exact) mass is 417 g/mol. The molecule has 2 N–H and O–H groups in total. The number of hydrogen-bond acceptors (Lipinski definition) is 7. The van der Waals surface area contributed by atoms with Gasteiger partial charge in [-0.1, -0.05) is 26.0 Å². The fourth-order valence-electron chi connectivity index (χ4n) is 4.58. The SMILES string of the molecule is CCCOc1ccc(C2C3CN(CC)CC=C3C(C#N)=C(N)C2(C#N)C#N)cc1OC. The molecule has 0 radical (unpaired) electrons. The Bertz CT molecular complexity index is 1020. The van der Waals surface area contributed by atoms with Crippen LogP contribution in [-0.2, 0) is 0 Å². The number of ether oxygens (including phenoxy) is 2. The van der Waals surface area contributed by atoms with Crippen molar-refractivity contribution in [2.75, 3.05) is 33.4 Å². The van der Waals surface area contributed by atoms with Crippen LogP contribution in [0.25, 0.3) is 0 Å². The predicted molar refractivity (Wildman–Crippen MR) is 116 cm³/mol. The Morgan fingerprint density at radius 1 is 1.19 bits per heavy atom. The summed E-state index contributed by atoms with van der Waals surface area (Å²) in [6, 6.07) is 12.0. The maximum absolute atomic E-state index is 10.2. The van der Waals surface area contributed by atoms with Gasteiger partial charge < -0.3 is 15.2 Å². The summed E-state index contributed by atoms with van der Waals surface area (Å²) < 4.78 is 11.3. The molecule has 0 saturated carbocycles. The summed E-state index contributed by atoms with van der Waals surface area (Å²) in [5, 5.41) is 30.2. The number of nitrogens with two attached hydrogens (primary N) is 1. The lowest BCUT2D eigenvalue weighted by Crippen LogP contribution is -2.48. The van der Waals surface area contributed by atoms with Crippen molar-refractivity contribution < 1.29 is 9.47 Å². The van der Waals surface area contributed by atoms with Gasteiger partial charge in [-0.2, -0.15) is 15.8 Å². The van der Waals surface area contributed by atoms with Crippen LogP contribution in [0.1, 0.15) is 31.7 Å². The summed E-state index contributed by atoms with van der Waals surface area (Å²) in [5.74, 6) is 0.383. The molecule has 1 aliphatic carbocycles. The minimum atomic E-state index is -1.65. The smallest absolute Gasteiger partial charge is 0.191 e. The lowest BCUT2D eigenvalue weighted by Gasteiger charge is -2.45. The molecule has 0 fully saturated rings. The fourth-order valence-corrected chi connectivity index (χ4v) is 4.58. The van der Waals surface area contributed by atoms with Gasteiger partial charge in [0.05, 0.1) is 37.1 Å². The van der Waals surface area contributed by atoms with Gasteiger partial charge in [0.2, 0.25) is 0 Å². The molecule has 0 amide bonds. The van der Waals surface area contributed by atoms with E-state index in [0.29, 0.717) is 31.2 Å². The van der Waals surface area contributed by atoms with E-state index in [0.717, 1.165) is 24.1 Å². The Kier molecular flexibility index (Phi) is 6.54. The van der Waals surface area contributed by atoms with Crippen molar-refractivity contribution in [1.29, 1.82) is 15.8 Å². The number of hydrogen-bond donors (Lipinski definition) is 1. The van der Waals surface area contributed by atoms with Crippen molar-refractivity contribution in [1.82, 2.24) is 4.90 Å². The minimum absolute atomic E-state index is 0.0303. The highest BCUT2D eigenvalue weighted by Gasteiger charge is 2.54. The molecule has 2 aliphatic rings. The van der Waals surface area contributed by atoms with Gasteiger partial charge in [-0.05, 0) is 36.2 Å². The van der Waals surface area contributed by atoms with Crippen molar-refractivity contribution in [3.05, 3.63) is 46.7 Å². The second kappa shape index (κ2) is 9.13. The first kappa shape index (κ1) is 22.2. The second-order valence-electron chi connectivity index (χ2n) is 7.79. The van der Waals surface area contributed by atoms with Crippen LogP contribution in [0.2, 0.25) is 0 Å². The number of allylic oxidation sites excluding steroid dienone is 2. The molecule has 2 atom stereocenters. The average Bonchev–Trinajstić information content (AvgIpc) is 2.81. The van der Waals surface area contributed by atoms with Crippen LogP contribution in [-0.4, -0.2) is 38.3 Å². The molecule has 160 valence electrons. The van der Waals surface area contributed by atoms with Crippen LogP contribution in [0.5, 0.6) is 11.5 Å². The van der Waals surface area contributed by atoms with Crippen LogP contribution < -0.4 is 15.2 Å². The first-order chi connectivity index (χ1) is 15.0. The number of benzene rings is 1. The number of rotatable bonds is 6. The quantitative estimate of drug-likeness (QED) is 0.754. The minimum Gasteiger partial charge on any atom is -0.493 e. The number of nitrogens with zero attached hydrogens (tertiary/aromatic N) is 4. The number of likely N-dealkylation sites (N-methyl/N-ethyl adjacent to an activating group) is 1. The molecule has 0 bridgehead atoms. The topological polar surface area (TPSA) is 119 Å². The van der Waals surface area contributed by atoms with Crippen LogP contribution in [0.3, 0.4) is 0 Å². The number of fused-ring (bicyclic) bond motifs is 1. The molecule has 0 spiro atoms. The molecule has 3 rings (SSSR count). The first-order valence-electron chi connectivity index (χ1n) is 10.5. The third-order valence-electron chi connectivity index (χ3n) is 6.20. The lowest BCUT2D eigenvalue weighted by atomic mass is 9.58. The van der Waals surface area contributed by atoms with Crippen LogP contribution in [0.15, 0.2) is 41.1 Å². The molecule has 1 aromatic rings. The summed E-state index contributed by atoms with van der Waals surface area (Å²) in [6.45, 7) is 6.81. The van der Waals surface area contributed by atoms with Gasteiger partial charge in [0.25, 0.3) is 0 Å². The Morgan fingerprint density at radius 2 is 1.94 bits per heavy atom. The largest absolute Gasteiger partial charge is 0.493 e. The van der Waals surface area contributed by atoms with E-state index >= 15 is 0 Å². The highest BCUT2D eigenvalue weighted by Crippen LogP contribution is 2.54. The molecule has 7 heteroatoms. The Hall–Kier alpha value is -3.47. The van der Waals surface area contributed by atoms with Gasteiger partial charge in [0.15, 0.2) is 16.9 Å². The highest BCUT2D eigenvalue weighted by atomic mass is 16.5. The number of methoxy groups -OCH3 is 1. The van der Waals surface area contributed by atoms with Crippen LogP contribution in [0, 0.1) is 45.3 Å². The van der Waals surface area contributed by atoms with E-state index in [1.807, 2.05) is 31.2 Å². The third kappa shape index (κ3) is 3.61. The van der Waals surface area contributed by atoms with Crippen molar-refractivity contribution in [2.45, 2.75) is 26.2 Å². The average molecular weight is 418 g/mol. The summed E-state index contributed by atoms with van der Waals surface area (Å²) in [7, 11) is 1.56. The van der Waals surface area contributed by atoms with Gasteiger partial charge >= 0.3 is 0 Å². The second-order valence-corrected chi connectivity index (χ2v) is 7.79. The van der Waals surface area contributed by atoms with Crippen molar-refractivity contribution in [3.63, 3.8) is 0 Å². The zero-order valence-corrected chi connectivity index (χ0v) is 18.2. The maximum atomic E-state index is 10.2. The van der Waals surface area contributed by atoms with Crippen LogP contribution >= 0.6 is 0 Å². The fraction of sp³-hybridized carbons (Fsp3) is 0.458. The van der Waals surface area contributed by atoms with Gasteiger partial charge in [0, 0.05) is 24.9 Å². The Balaban J connectivity index is 2.23. The molecule has 1 aliphatic heterocycles. The van der Waals surface area contributed by atoms with Gasteiger partial charge in [-0.3, -0.25) is 4.90 Å².